The minimum Gasteiger partial charge on any atom is -0.481 e. The molecule has 1 saturated carbocycles. The molecule has 4 heteroatoms. The molecule has 110 valence electrons. The molecule has 1 aliphatic carbocycles. The average molecular weight is 285 g/mol. The lowest BCUT2D eigenvalue weighted by atomic mass is 9.66. The van der Waals surface area contributed by atoms with E-state index in [2.05, 4.69) is 11.2 Å². The van der Waals surface area contributed by atoms with Crippen LogP contribution in [0.1, 0.15) is 43.7 Å². The molecule has 21 heavy (non-hydrogen) atoms. The van der Waals surface area contributed by atoms with Crippen molar-refractivity contribution >= 4 is 11.9 Å². The molecular formula is C17H19NO3. The normalized spacial score (nSPS) is 17.1. The molecule has 0 saturated heterocycles. The maximum atomic E-state index is 12.2. The van der Waals surface area contributed by atoms with Gasteiger partial charge < -0.3 is 10.4 Å². The zero-order valence-electron chi connectivity index (χ0n) is 11.8. The number of benzene rings is 1. The third kappa shape index (κ3) is 3.43. The summed E-state index contributed by atoms with van der Waals surface area (Å²) in [5.41, 5.74) is 0.0587. The van der Waals surface area contributed by atoms with Gasteiger partial charge in [-0.3, -0.25) is 9.59 Å². The maximum absolute atomic E-state index is 12.2. The summed E-state index contributed by atoms with van der Waals surface area (Å²) in [4.78, 5) is 23.5. The molecule has 2 N–H and O–H groups in total. The van der Waals surface area contributed by atoms with Gasteiger partial charge in [0, 0.05) is 12.8 Å². The van der Waals surface area contributed by atoms with Gasteiger partial charge in [-0.2, -0.15) is 0 Å². The molecule has 1 aromatic carbocycles. The fourth-order valence-corrected chi connectivity index (χ4v) is 2.68. The predicted molar refractivity (Wildman–Crippen MR) is 79.3 cm³/mol. The van der Waals surface area contributed by atoms with Crippen molar-refractivity contribution < 1.29 is 14.7 Å². The lowest BCUT2D eigenvalue weighted by molar-refractivity contribution is -0.157. The average Bonchev–Trinajstić information content (AvgIpc) is 2.43. The number of carboxylic acid groups (broad SMARTS) is 1. The second-order valence-corrected chi connectivity index (χ2v) is 5.55. The lowest BCUT2D eigenvalue weighted by Crippen LogP contribution is -2.43. The zero-order chi connectivity index (χ0) is 15.3. The van der Waals surface area contributed by atoms with Crippen LogP contribution in [0, 0.1) is 17.8 Å². The van der Waals surface area contributed by atoms with Crippen LogP contribution >= 0.6 is 0 Å². The number of carbonyl (C=O) groups is 2. The summed E-state index contributed by atoms with van der Waals surface area (Å²) in [6.45, 7) is 0. The third-order valence-corrected chi connectivity index (χ3v) is 4.12. The Morgan fingerprint density at radius 3 is 2.48 bits per heavy atom. The molecular weight excluding hydrogens is 266 g/mol. The highest BCUT2D eigenvalue weighted by Gasteiger charge is 2.46. The van der Waals surface area contributed by atoms with Gasteiger partial charge >= 0.3 is 5.97 Å². The molecule has 1 aliphatic rings. The highest BCUT2D eigenvalue weighted by molar-refractivity contribution is 5.85. The number of hydrogen-bond acceptors (Lipinski definition) is 2. The van der Waals surface area contributed by atoms with Gasteiger partial charge in [0.2, 0.25) is 5.91 Å². The fraction of sp³-hybridized carbons (Fsp3) is 0.412. The smallest absolute Gasteiger partial charge is 0.310 e. The summed E-state index contributed by atoms with van der Waals surface area (Å²) >= 11 is 0. The molecule has 1 unspecified atom stereocenters. The summed E-state index contributed by atoms with van der Waals surface area (Å²) in [6, 6.07) is 9.20. The Morgan fingerprint density at radius 2 is 2.00 bits per heavy atom. The van der Waals surface area contributed by atoms with Crippen LogP contribution in [0.4, 0.5) is 0 Å². The van der Waals surface area contributed by atoms with E-state index in [4.69, 9.17) is 6.42 Å². The van der Waals surface area contributed by atoms with Crippen molar-refractivity contribution in [1.29, 1.82) is 0 Å². The second-order valence-electron chi connectivity index (χ2n) is 5.55. The van der Waals surface area contributed by atoms with Crippen molar-refractivity contribution in [3.63, 3.8) is 0 Å². The Hall–Kier alpha value is -2.28. The van der Waals surface area contributed by atoms with Crippen LogP contribution in [0.3, 0.4) is 0 Å². The van der Waals surface area contributed by atoms with E-state index < -0.39 is 11.4 Å². The van der Waals surface area contributed by atoms with Crippen molar-refractivity contribution in [2.45, 2.75) is 38.1 Å². The Morgan fingerprint density at radius 1 is 1.33 bits per heavy atom. The highest BCUT2D eigenvalue weighted by atomic mass is 16.4. The SMILES string of the molecule is C#CCC(NC(=O)CC1(C(=O)O)CCC1)c1ccccc1. The molecule has 1 atom stereocenters. The van der Waals surface area contributed by atoms with Crippen LogP contribution in [0.2, 0.25) is 0 Å². The molecule has 1 fully saturated rings. The number of amides is 1. The Kier molecular flexibility index (Phi) is 4.64. The summed E-state index contributed by atoms with van der Waals surface area (Å²) in [6.07, 6.45) is 7.78. The van der Waals surface area contributed by atoms with Crippen molar-refractivity contribution in [2.75, 3.05) is 0 Å². The Bertz CT molecular complexity index is 555. The minimum atomic E-state index is -0.878. The molecule has 0 heterocycles. The van der Waals surface area contributed by atoms with Crippen LogP contribution in [-0.2, 0) is 9.59 Å². The summed E-state index contributed by atoms with van der Waals surface area (Å²) in [7, 11) is 0. The van der Waals surface area contributed by atoms with E-state index in [1.165, 1.54) is 0 Å². The van der Waals surface area contributed by atoms with Crippen LogP contribution < -0.4 is 5.32 Å². The molecule has 4 nitrogen and oxygen atoms in total. The van der Waals surface area contributed by atoms with E-state index in [1.54, 1.807) is 0 Å². The number of carboxylic acids is 1. The number of nitrogens with one attached hydrogen (secondary N) is 1. The molecule has 0 aromatic heterocycles. The van der Waals surface area contributed by atoms with Gasteiger partial charge in [-0.1, -0.05) is 36.8 Å². The van der Waals surface area contributed by atoms with E-state index >= 15 is 0 Å². The zero-order valence-corrected chi connectivity index (χ0v) is 11.8. The van der Waals surface area contributed by atoms with Crippen LogP contribution in [-0.4, -0.2) is 17.0 Å². The minimum absolute atomic E-state index is 0.0240. The van der Waals surface area contributed by atoms with Gasteiger partial charge in [0.25, 0.3) is 0 Å². The molecule has 0 aliphatic heterocycles. The van der Waals surface area contributed by atoms with Gasteiger partial charge in [0.1, 0.15) is 0 Å². The number of terminal acetylenes is 1. The molecule has 0 radical (unpaired) electrons. The van der Waals surface area contributed by atoms with E-state index in [0.29, 0.717) is 19.3 Å². The van der Waals surface area contributed by atoms with Crippen molar-refractivity contribution in [1.82, 2.24) is 5.32 Å². The largest absolute Gasteiger partial charge is 0.481 e. The van der Waals surface area contributed by atoms with Gasteiger partial charge in [-0.15, -0.1) is 12.3 Å². The van der Waals surface area contributed by atoms with E-state index in [-0.39, 0.29) is 18.4 Å². The van der Waals surface area contributed by atoms with Crippen LogP contribution in [0.25, 0.3) is 0 Å². The van der Waals surface area contributed by atoms with Gasteiger partial charge in [-0.25, -0.2) is 0 Å². The molecule has 1 aromatic rings. The van der Waals surface area contributed by atoms with Crippen molar-refractivity contribution in [2.24, 2.45) is 5.41 Å². The fourth-order valence-electron chi connectivity index (χ4n) is 2.68. The summed E-state index contributed by atoms with van der Waals surface area (Å²) < 4.78 is 0. The molecule has 0 bridgehead atoms. The van der Waals surface area contributed by atoms with Crippen LogP contribution in [0.5, 0.6) is 0 Å². The molecule has 2 rings (SSSR count). The van der Waals surface area contributed by atoms with Crippen LogP contribution in [0.15, 0.2) is 30.3 Å². The first kappa shape index (κ1) is 15.1. The Labute approximate surface area is 124 Å². The maximum Gasteiger partial charge on any atom is 0.310 e. The second kappa shape index (κ2) is 6.45. The number of rotatable bonds is 6. The van der Waals surface area contributed by atoms with Gasteiger partial charge in [0.05, 0.1) is 11.5 Å². The molecule has 1 amide bonds. The summed E-state index contributed by atoms with van der Waals surface area (Å²) in [5.74, 6) is 1.43. The first-order valence-corrected chi connectivity index (χ1v) is 7.08. The standard InChI is InChI=1S/C17H19NO3/c1-2-7-14(13-8-4-3-5-9-13)18-15(19)12-17(16(20)21)10-6-11-17/h1,3-5,8-9,14H,6-7,10-12H2,(H,18,19)(H,20,21). The lowest BCUT2D eigenvalue weighted by Gasteiger charge is -2.37. The Balaban J connectivity index is 2.02. The predicted octanol–water partition coefficient (Wildman–Crippen LogP) is 2.51. The highest BCUT2D eigenvalue weighted by Crippen LogP contribution is 2.44. The monoisotopic (exact) mass is 285 g/mol. The third-order valence-electron chi connectivity index (χ3n) is 4.12. The number of carbonyl (C=O) groups excluding carboxylic acids is 1. The first-order valence-electron chi connectivity index (χ1n) is 7.08. The van der Waals surface area contributed by atoms with E-state index in [9.17, 15) is 14.7 Å². The quantitative estimate of drug-likeness (QED) is 0.789. The van der Waals surface area contributed by atoms with Gasteiger partial charge in [0.15, 0.2) is 0 Å². The topological polar surface area (TPSA) is 66.4 Å². The van der Waals surface area contributed by atoms with E-state index in [1.807, 2.05) is 30.3 Å². The first-order chi connectivity index (χ1) is 10.1. The summed E-state index contributed by atoms with van der Waals surface area (Å²) in [5, 5.41) is 12.1. The van der Waals surface area contributed by atoms with Crippen molar-refractivity contribution in [3.05, 3.63) is 35.9 Å². The van der Waals surface area contributed by atoms with Crippen molar-refractivity contribution in [3.8, 4) is 12.3 Å². The van der Waals surface area contributed by atoms with Gasteiger partial charge in [-0.05, 0) is 18.4 Å². The number of aliphatic carboxylic acids is 1. The number of hydrogen-bond donors (Lipinski definition) is 2. The van der Waals surface area contributed by atoms with E-state index in [0.717, 1.165) is 12.0 Å². The molecule has 0 spiro atoms.